The van der Waals surface area contributed by atoms with Gasteiger partial charge in [0.25, 0.3) is 0 Å². The Morgan fingerprint density at radius 1 is 0.923 bits per heavy atom. The summed E-state index contributed by atoms with van der Waals surface area (Å²) in [6.07, 6.45) is 0.590. The molecule has 4 aromatic rings. The van der Waals surface area contributed by atoms with Crippen LogP contribution in [0.5, 0.6) is 0 Å². The molecular formula is C22H18FNO2. The van der Waals surface area contributed by atoms with Gasteiger partial charge in [0, 0.05) is 18.0 Å². The summed E-state index contributed by atoms with van der Waals surface area (Å²) in [5.74, 6) is -0.189. The van der Waals surface area contributed by atoms with Gasteiger partial charge in [-0.1, -0.05) is 48.5 Å². The van der Waals surface area contributed by atoms with E-state index < -0.39 is 0 Å². The summed E-state index contributed by atoms with van der Waals surface area (Å²) in [6, 6.07) is 20.1. The molecule has 0 spiro atoms. The fourth-order valence-corrected chi connectivity index (χ4v) is 3.31. The van der Waals surface area contributed by atoms with Gasteiger partial charge in [-0.2, -0.15) is 0 Å². The minimum atomic E-state index is -0.362. The number of benzene rings is 3. The topological polar surface area (TPSA) is 42.2 Å². The Hall–Kier alpha value is -2.98. The number of rotatable bonds is 5. The standard InChI is InChI=1S/C22H18FNO2/c23-19-8-4-2-6-16(19)11-12-24-14-17-13-21(25)26-20-10-9-15-5-1-3-7-18(15)22(17)20/h1-10,13,24H,11-12,14H2. The first-order valence-electron chi connectivity index (χ1n) is 8.61. The maximum absolute atomic E-state index is 13.7. The number of hydrogen-bond donors (Lipinski definition) is 1. The highest BCUT2D eigenvalue weighted by atomic mass is 19.1. The molecule has 3 aromatic carbocycles. The molecule has 3 nitrogen and oxygen atoms in total. The van der Waals surface area contributed by atoms with Gasteiger partial charge < -0.3 is 9.73 Å². The smallest absolute Gasteiger partial charge is 0.336 e. The van der Waals surface area contributed by atoms with Crippen LogP contribution in [0.25, 0.3) is 21.7 Å². The second kappa shape index (κ2) is 7.10. The van der Waals surface area contributed by atoms with E-state index in [2.05, 4.69) is 5.32 Å². The summed E-state index contributed by atoms with van der Waals surface area (Å²) in [5, 5.41) is 6.41. The normalized spacial score (nSPS) is 11.3. The third-order valence-electron chi connectivity index (χ3n) is 4.56. The van der Waals surface area contributed by atoms with Crippen LogP contribution in [0.3, 0.4) is 0 Å². The van der Waals surface area contributed by atoms with E-state index >= 15 is 0 Å². The number of hydrogen-bond acceptors (Lipinski definition) is 3. The molecule has 0 atom stereocenters. The molecule has 0 fully saturated rings. The van der Waals surface area contributed by atoms with Crippen molar-refractivity contribution in [1.82, 2.24) is 5.32 Å². The molecule has 1 N–H and O–H groups in total. The Bertz CT molecular complexity index is 1130. The Balaban J connectivity index is 1.60. The van der Waals surface area contributed by atoms with E-state index in [-0.39, 0.29) is 11.4 Å². The summed E-state index contributed by atoms with van der Waals surface area (Å²) in [7, 11) is 0. The zero-order valence-corrected chi connectivity index (χ0v) is 14.2. The van der Waals surface area contributed by atoms with E-state index in [9.17, 15) is 9.18 Å². The van der Waals surface area contributed by atoms with Crippen LogP contribution in [0.2, 0.25) is 0 Å². The minimum absolute atomic E-state index is 0.189. The van der Waals surface area contributed by atoms with E-state index in [0.717, 1.165) is 21.7 Å². The third-order valence-corrected chi connectivity index (χ3v) is 4.56. The molecule has 1 heterocycles. The van der Waals surface area contributed by atoms with Gasteiger partial charge in [-0.3, -0.25) is 0 Å². The summed E-state index contributed by atoms with van der Waals surface area (Å²) in [6.45, 7) is 1.14. The molecule has 4 heteroatoms. The lowest BCUT2D eigenvalue weighted by Crippen LogP contribution is -2.18. The van der Waals surface area contributed by atoms with Crippen LogP contribution in [0.15, 0.2) is 75.9 Å². The van der Waals surface area contributed by atoms with E-state index in [0.29, 0.717) is 30.7 Å². The summed E-state index contributed by atoms with van der Waals surface area (Å²) in [5.41, 5.74) is 1.80. The predicted octanol–water partition coefficient (Wildman–Crippen LogP) is 4.42. The molecule has 0 saturated carbocycles. The van der Waals surface area contributed by atoms with Gasteiger partial charge in [-0.05, 0) is 47.0 Å². The van der Waals surface area contributed by atoms with Crippen LogP contribution in [0.1, 0.15) is 11.1 Å². The van der Waals surface area contributed by atoms with Crippen LogP contribution in [-0.2, 0) is 13.0 Å². The third kappa shape index (κ3) is 3.24. The minimum Gasteiger partial charge on any atom is -0.423 e. The highest BCUT2D eigenvalue weighted by molar-refractivity contribution is 6.07. The fraction of sp³-hybridized carbons (Fsp3) is 0.136. The van der Waals surface area contributed by atoms with Crippen LogP contribution in [0.4, 0.5) is 4.39 Å². The lowest BCUT2D eigenvalue weighted by Gasteiger charge is -2.10. The van der Waals surface area contributed by atoms with Crippen LogP contribution in [0, 0.1) is 5.82 Å². The molecule has 0 aliphatic heterocycles. The second-order valence-corrected chi connectivity index (χ2v) is 6.27. The van der Waals surface area contributed by atoms with Crippen molar-refractivity contribution in [3.05, 3.63) is 94.1 Å². The summed E-state index contributed by atoms with van der Waals surface area (Å²) in [4.78, 5) is 11.9. The quantitative estimate of drug-likeness (QED) is 0.330. The first kappa shape index (κ1) is 16.5. The maximum atomic E-state index is 13.7. The van der Waals surface area contributed by atoms with Gasteiger partial charge >= 0.3 is 5.63 Å². The summed E-state index contributed by atoms with van der Waals surface area (Å²) >= 11 is 0. The van der Waals surface area contributed by atoms with Gasteiger partial charge in [-0.15, -0.1) is 0 Å². The Kier molecular flexibility index (Phi) is 4.50. The van der Waals surface area contributed by atoms with Crippen molar-refractivity contribution in [2.75, 3.05) is 6.54 Å². The maximum Gasteiger partial charge on any atom is 0.336 e. The number of halogens is 1. The van der Waals surface area contributed by atoms with Crippen molar-refractivity contribution in [3.8, 4) is 0 Å². The van der Waals surface area contributed by atoms with Gasteiger partial charge in [0.15, 0.2) is 0 Å². The molecule has 0 radical (unpaired) electrons. The van der Waals surface area contributed by atoms with Gasteiger partial charge in [0.2, 0.25) is 0 Å². The SMILES string of the molecule is O=c1cc(CNCCc2ccccc2F)c2c(ccc3ccccc32)o1. The molecule has 0 aliphatic rings. The summed E-state index contributed by atoms with van der Waals surface area (Å²) < 4.78 is 19.1. The van der Waals surface area contributed by atoms with Crippen molar-refractivity contribution in [2.45, 2.75) is 13.0 Å². The van der Waals surface area contributed by atoms with Crippen molar-refractivity contribution < 1.29 is 8.81 Å². The molecule has 0 saturated heterocycles. The molecule has 0 unspecified atom stereocenters. The largest absolute Gasteiger partial charge is 0.423 e. The molecule has 0 amide bonds. The molecule has 26 heavy (non-hydrogen) atoms. The Labute approximate surface area is 150 Å². The number of nitrogens with one attached hydrogen (secondary N) is 1. The fourth-order valence-electron chi connectivity index (χ4n) is 3.31. The second-order valence-electron chi connectivity index (χ2n) is 6.27. The van der Waals surface area contributed by atoms with E-state index in [1.165, 1.54) is 12.1 Å². The molecule has 0 aliphatic carbocycles. The van der Waals surface area contributed by atoms with Gasteiger partial charge in [0.1, 0.15) is 11.4 Å². The first-order valence-corrected chi connectivity index (χ1v) is 8.61. The Morgan fingerprint density at radius 3 is 2.62 bits per heavy atom. The van der Waals surface area contributed by atoms with Gasteiger partial charge in [-0.25, -0.2) is 9.18 Å². The highest BCUT2D eigenvalue weighted by Crippen LogP contribution is 2.27. The molecule has 1 aromatic heterocycles. The van der Waals surface area contributed by atoms with E-state index in [1.54, 1.807) is 12.1 Å². The van der Waals surface area contributed by atoms with Crippen molar-refractivity contribution >= 4 is 21.7 Å². The van der Waals surface area contributed by atoms with Crippen LogP contribution in [-0.4, -0.2) is 6.54 Å². The lowest BCUT2D eigenvalue weighted by atomic mass is 10.0. The van der Waals surface area contributed by atoms with E-state index in [1.807, 2.05) is 42.5 Å². The average Bonchev–Trinajstić information content (AvgIpc) is 2.66. The molecule has 0 bridgehead atoms. The van der Waals surface area contributed by atoms with Crippen molar-refractivity contribution in [3.63, 3.8) is 0 Å². The first-order chi connectivity index (χ1) is 12.7. The van der Waals surface area contributed by atoms with Crippen molar-refractivity contribution in [2.24, 2.45) is 0 Å². The lowest BCUT2D eigenvalue weighted by molar-refractivity contribution is 0.556. The van der Waals surface area contributed by atoms with Crippen LogP contribution >= 0.6 is 0 Å². The molecule has 4 rings (SSSR count). The zero-order chi connectivity index (χ0) is 17.9. The Morgan fingerprint density at radius 2 is 1.73 bits per heavy atom. The zero-order valence-electron chi connectivity index (χ0n) is 14.2. The van der Waals surface area contributed by atoms with Crippen LogP contribution < -0.4 is 10.9 Å². The molecular weight excluding hydrogens is 329 g/mol. The monoisotopic (exact) mass is 347 g/mol. The number of fused-ring (bicyclic) bond motifs is 3. The average molecular weight is 347 g/mol. The molecule has 130 valence electrons. The highest BCUT2D eigenvalue weighted by Gasteiger charge is 2.09. The van der Waals surface area contributed by atoms with Gasteiger partial charge in [0.05, 0.1) is 0 Å². The predicted molar refractivity (Wildman–Crippen MR) is 102 cm³/mol. The van der Waals surface area contributed by atoms with Crippen molar-refractivity contribution in [1.29, 1.82) is 0 Å². The van der Waals surface area contributed by atoms with E-state index in [4.69, 9.17) is 4.42 Å².